The van der Waals surface area contributed by atoms with Gasteiger partial charge in [-0.15, -0.1) is 0 Å². The van der Waals surface area contributed by atoms with Gasteiger partial charge in [0.1, 0.15) is 12.4 Å². The molecule has 0 unspecified atom stereocenters. The van der Waals surface area contributed by atoms with Crippen LogP contribution in [-0.2, 0) is 15.6 Å². The van der Waals surface area contributed by atoms with E-state index in [2.05, 4.69) is 149 Å². The molecule has 8 rings (SSSR count). The van der Waals surface area contributed by atoms with E-state index in [9.17, 15) is 0 Å². The summed E-state index contributed by atoms with van der Waals surface area (Å²) in [6.45, 7) is 16.3. The molecule has 6 aromatic rings. The summed E-state index contributed by atoms with van der Waals surface area (Å²) < 4.78 is 8.37. The van der Waals surface area contributed by atoms with Crippen LogP contribution in [0.15, 0.2) is 102 Å². The number of aliphatic imine (C=N–C) groups is 1. The van der Waals surface area contributed by atoms with Crippen LogP contribution in [0.3, 0.4) is 0 Å². The smallest absolute Gasteiger partial charge is 0.216 e. The maximum Gasteiger partial charge on any atom is 0.216 e. The van der Waals surface area contributed by atoms with Crippen molar-refractivity contribution in [1.29, 1.82) is 0 Å². The summed E-state index contributed by atoms with van der Waals surface area (Å²) in [4.78, 5) is 12.2. The number of nitrogens with zero attached hydrogens (tertiary/aromatic N) is 4. The first kappa shape index (κ1) is 28.6. The van der Waals surface area contributed by atoms with Crippen molar-refractivity contribution >= 4 is 44.8 Å². The molecule has 2 aliphatic rings. The number of anilines is 3. The molecular formula is C41H40N4O. The first-order valence-electron chi connectivity index (χ1n) is 16.3. The summed E-state index contributed by atoms with van der Waals surface area (Å²) in [7, 11) is 0. The summed E-state index contributed by atoms with van der Waals surface area (Å²) in [5.74, 6) is 1.66. The molecule has 0 fully saturated rings. The number of rotatable bonds is 3. The van der Waals surface area contributed by atoms with Crippen LogP contribution in [0.2, 0.25) is 0 Å². The lowest BCUT2D eigenvalue weighted by Crippen LogP contribution is -2.30. The lowest BCUT2D eigenvalue weighted by atomic mass is 9.73. The Kier molecular flexibility index (Phi) is 6.24. The van der Waals surface area contributed by atoms with Gasteiger partial charge in [-0.25, -0.2) is 9.98 Å². The summed E-state index contributed by atoms with van der Waals surface area (Å²) in [5, 5.41) is 2.46. The second-order valence-electron chi connectivity index (χ2n) is 14.5. The summed E-state index contributed by atoms with van der Waals surface area (Å²) in [6.07, 6.45) is 1.95. The van der Waals surface area contributed by atoms with E-state index in [1.54, 1.807) is 0 Å². The zero-order valence-corrected chi connectivity index (χ0v) is 27.7. The van der Waals surface area contributed by atoms with E-state index in [-0.39, 0.29) is 16.9 Å². The molecule has 0 saturated heterocycles. The fourth-order valence-electron chi connectivity index (χ4n) is 7.34. The molecule has 0 aliphatic carbocycles. The highest BCUT2D eigenvalue weighted by molar-refractivity contribution is 6.11. The third kappa shape index (κ3) is 4.36. The minimum absolute atomic E-state index is 0.00808. The molecule has 0 saturated carbocycles. The Morgan fingerprint density at radius 1 is 0.804 bits per heavy atom. The molecule has 0 radical (unpaired) electrons. The van der Waals surface area contributed by atoms with Gasteiger partial charge in [-0.1, -0.05) is 71.0 Å². The topological polar surface area (TPSA) is 42.6 Å². The predicted octanol–water partition coefficient (Wildman–Crippen LogP) is 10.1. The van der Waals surface area contributed by atoms with E-state index in [0.717, 1.165) is 34.0 Å². The van der Waals surface area contributed by atoms with Gasteiger partial charge in [0.05, 0.1) is 28.5 Å². The highest BCUT2D eigenvalue weighted by atomic mass is 16.5. The summed E-state index contributed by atoms with van der Waals surface area (Å²) in [5.41, 5.74) is 11.6. The minimum atomic E-state index is -0.217. The van der Waals surface area contributed by atoms with Crippen molar-refractivity contribution in [3.8, 4) is 5.82 Å². The minimum Gasteiger partial charge on any atom is -0.475 e. The Bertz CT molecular complexity index is 2210. The monoisotopic (exact) mass is 604 g/mol. The van der Waals surface area contributed by atoms with Crippen LogP contribution in [0.1, 0.15) is 69.4 Å². The zero-order valence-electron chi connectivity index (χ0n) is 27.7. The molecular weight excluding hydrogens is 564 g/mol. The number of pyridine rings is 1. The van der Waals surface area contributed by atoms with Crippen molar-refractivity contribution in [1.82, 2.24) is 9.55 Å². The maximum absolute atomic E-state index is 6.03. The number of fused-ring (bicyclic) bond motifs is 5. The Hall–Kier alpha value is -4.90. The van der Waals surface area contributed by atoms with Crippen molar-refractivity contribution < 1.29 is 4.74 Å². The van der Waals surface area contributed by atoms with Crippen LogP contribution in [-0.4, -0.2) is 28.1 Å². The summed E-state index contributed by atoms with van der Waals surface area (Å²) in [6, 6.07) is 33.6. The lowest BCUT2D eigenvalue weighted by Gasteiger charge is -2.42. The van der Waals surface area contributed by atoms with E-state index in [1.165, 1.54) is 44.4 Å². The van der Waals surface area contributed by atoms with Gasteiger partial charge in [-0.3, -0.25) is 4.57 Å². The fourth-order valence-corrected chi connectivity index (χ4v) is 7.34. The molecule has 4 aromatic carbocycles. The van der Waals surface area contributed by atoms with E-state index in [1.807, 2.05) is 6.20 Å². The van der Waals surface area contributed by atoms with Gasteiger partial charge in [0, 0.05) is 33.6 Å². The fraction of sp³-hybridized carbons (Fsp3) is 0.268. The Balaban J connectivity index is 1.44. The lowest BCUT2D eigenvalue weighted by molar-refractivity contribution is 0.324. The van der Waals surface area contributed by atoms with Crippen molar-refractivity contribution in [2.45, 2.75) is 65.3 Å². The van der Waals surface area contributed by atoms with Crippen LogP contribution >= 0.6 is 0 Å². The molecule has 0 spiro atoms. The number of hydrogen-bond donors (Lipinski definition) is 0. The van der Waals surface area contributed by atoms with E-state index < -0.39 is 0 Å². The number of aryl methyl sites for hydroxylation is 1. The Labute approximate surface area is 271 Å². The SMILES string of the molecule is Cc1cc(C2=N[C@H](C)CO2)cc(N2c3ccccc3C(C)(C)c3cc4c5ccccc5n(-c5cc(C(C)(C)C)ccn5)c4cc32)c1. The normalized spacial score (nSPS) is 17.2. The van der Waals surface area contributed by atoms with Crippen molar-refractivity contribution in [3.63, 3.8) is 0 Å². The third-order valence-corrected chi connectivity index (χ3v) is 9.73. The maximum atomic E-state index is 6.03. The van der Waals surface area contributed by atoms with Gasteiger partial charge in [0.25, 0.3) is 0 Å². The highest BCUT2D eigenvalue weighted by Crippen LogP contribution is 2.53. The van der Waals surface area contributed by atoms with Crippen molar-refractivity contribution in [2.75, 3.05) is 11.5 Å². The number of aromatic nitrogens is 2. The number of para-hydroxylation sites is 2. The third-order valence-electron chi connectivity index (χ3n) is 9.73. The van der Waals surface area contributed by atoms with E-state index in [4.69, 9.17) is 14.7 Å². The van der Waals surface area contributed by atoms with Gasteiger partial charge >= 0.3 is 0 Å². The van der Waals surface area contributed by atoms with E-state index in [0.29, 0.717) is 6.61 Å². The molecule has 46 heavy (non-hydrogen) atoms. The van der Waals surface area contributed by atoms with Gasteiger partial charge in [0.15, 0.2) is 0 Å². The van der Waals surface area contributed by atoms with Crippen LogP contribution in [0.25, 0.3) is 27.6 Å². The first-order valence-corrected chi connectivity index (χ1v) is 16.3. The number of benzene rings is 4. The van der Waals surface area contributed by atoms with E-state index >= 15 is 0 Å². The van der Waals surface area contributed by atoms with Crippen LogP contribution < -0.4 is 4.90 Å². The van der Waals surface area contributed by atoms with Crippen molar-refractivity contribution in [3.05, 3.63) is 125 Å². The molecule has 5 heteroatoms. The Morgan fingerprint density at radius 3 is 2.37 bits per heavy atom. The average Bonchev–Trinajstić information content (AvgIpc) is 3.61. The zero-order chi connectivity index (χ0) is 32.0. The molecule has 0 bridgehead atoms. The quantitative estimate of drug-likeness (QED) is 0.202. The molecule has 2 aliphatic heterocycles. The molecule has 2 aromatic heterocycles. The standard InChI is InChI=1S/C41H40N4O/c1-25-18-27(39-43-26(2)24-46-39)20-29(19-25)44-35-15-11-9-13-32(35)41(6,7)33-22-31-30-12-8-10-14-34(30)45(36(31)23-37(33)44)38-21-28(16-17-42-38)40(3,4)5/h8-23,26H,24H2,1-7H3/t26-/m1/s1. The molecule has 4 heterocycles. The highest BCUT2D eigenvalue weighted by Gasteiger charge is 2.38. The molecule has 1 atom stereocenters. The van der Waals surface area contributed by atoms with Crippen LogP contribution in [0.5, 0.6) is 0 Å². The first-order chi connectivity index (χ1) is 22.0. The van der Waals surface area contributed by atoms with Crippen LogP contribution in [0.4, 0.5) is 17.1 Å². The molecule has 0 amide bonds. The van der Waals surface area contributed by atoms with Gasteiger partial charge in [-0.2, -0.15) is 0 Å². The Morgan fingerprint density at radius 2 is 1.59 bits per heavy atom. The molecule has 5 nitrogen and oxygen atoms in total. The second-order valence-corrected chi connectivity index (χ2v) is 14.5. The second kappa shape index (κ2) is 10.1. The van der Waals surface area contributed by atoms with Crippen LogP contribution in [0, 0.1) is 6.92 Å². The average molecular weight is 605 g/mol. The number of hydrogen-bond acceptors (Lipinski definition) is 4. The molecule has 230 valence electrons. The number of ether oxygens (including phenoxy) is 1. The predicted molar refractivity (Wildman–Crippen MR) is 191 cm³/mol. The summed E-state index contributed by atoms with van der Waals surface area (Å²) >= 11 is 0. The van der Waals surface area contributed by atoms with Gasteiger partial charge in [-0.05, 0) is 96.1 Å². The van der Waals surface area contributed by atoms with Gasteiger partial charge < -0.3 is 9.64 Å². The van der Waals surface area contributed by atoms with Crippen molar-refractivity contribution in [2.24, 2.45) is 4.99 Å². The molecule has 0 N–H and O–H groups in total. The largest absolute Gasteiger partial charge is 0.475 e. The van der Waals surface area contributed by atoms with Gasteiger partial charge in [0.2, 0.25) is 5.90 Å².